The number of nitrogens with one attached hydrogen (secondary N) is 2. The number of allylic oxidation sites excluding steroid dienone is 1. The number of ether oxygens (including phenoxy) is 1. The third-order valence-electron chi connectivity index (χ3n) is 6.24. The van der Waals surface area contributed by atoms with Gasteiger partial charge in [0.2, 0.25) is 0 Å². The molecule has 0 bridgehead atoms. The summed E-state index contributed by atoms with van der Waals surface area (Å²) in [7, 11) is 1.50. The van der Waals surface area contributed by atoms with Gasteiger partial charge in [0.05, 0.1) is 7.11 Å². The van der Waals surface area contributed by atoms with Gasteiger partial charge in [-0.25, -0.2) is 13.8 Å². The molecule has 2 aromatic carbocycles. The number of aromatic amines is 1. The number of hydrogen-bond donors (Lipinski definition) is 2. The Hall–Kier alpha value is -4.00. The van der Waals surface area contributed by atoms with E-state index in [-0.39, 0.29) is 17.1 Å². The fourth-order valence-electron chi connectivity index (χ4n) is 4.46. The molecule has 4 rings (SSSR count). The molecule has 0 atom stereocenters. The van der Waals surface area contributed by atoms with E-state index < -0.39 is 5.82 Å². The molecule has 0 aliphatic rings. The van der Waals surface area contributed by atoms with Gasteiger partial charge in [0.15, 0.2) is 0 Å². The maximum absolute atomic E-state index is 14.8. The lowest BCUT2D eigenvalue weighted by molar-refractivity contribution is -0.112. The van der Waals surface area contributed by atoms with Crippen LogP contribution in [-0.4, -0.2) is 23.0 Å². The van der Waals surface area contributed by atoms with E-state index in [1.54, 1.807) is 32.3 Å². The summed E-state index contributed by atoms with van der Waals surface area (Å²) < 4.78 is 34.3. The van der Waals surface area contributed by atoms with Crippen molar-refractivity contribution in [2.24, 2.45) is 5.41 Å². The lowest BCUT2D eigenvalue weighted by atomic mass is 9.93. The van der Waals surface area contributed by atoms with Crippen LogP contribution in [0.4, 0.5) is 14.5 Å². The third kappa shape index (κ3) is 5.40. The van der Waals surface area contributed by atoms with Crippen molar-refractivity contribution in [2.45, 2.75) is 41.5 Å². The Morgan fingerprint density at radius 3 is 2.46 bits per heavy atom. The molecule has 0 saturated carbocycles. The fraction of sp³-hybridized carbons (Fsp3) is 0.267. The van der Waals surface area contributed by atoms with Crippen LogP contribution in [0, 0.1) is 30.9 Å². The second kappa shape index (κ2) is 9.81. The largest absolute Gasteiger partial charge is 0.496 e. The fourth-order valence-corrected chi connectivity index (χ4v) is 4.46. The quantitative estimate of drug-likeness (QED) is 0.274. The van der Waals surface area contributed by atoms with E-state index in [2.05, 4.69) is 15.3 Å². The predicted molar refractivity (Wildman–Crippen MR) is 145 cm³/mol. The average Bonchev–Trinajstić information content (AvgIpc) is 3.24. The zero-order chi connectivity index (χ0) is 27.1. The highest BCUT2D eigenvalue weighted by Crippen LogP contribution is 2.38. The molecule has 0 radical (unpaired) electrons. The molecule has 0 aliphatic carbocycles. The number of nitrogens with zero attached hydrogens (tertiary/aromatic N) is 1. The van der Waals surface area contributed by atoms with Crippen LogP contribution >= 0.6 is 0 Å². The van der Waals surface area contributed by atoms with Gasteiger partial charge in [-0.15, -0.1) is 0 Å². The van der Waals surface area contributed by atoms with Gasteiger partial charge in [0.1, 0.15) is 23.0 Å². The molecule has 0 fully saturated rings. The van der Waals surface area contributed by atoms with Crippen LogP contribution in [0.2, 0.25) is 0 Å². The Kier molecular flexibility index (Phi) is 6.91. The molecule has 2 aromatic heterocycles. The Labute approximate surface area is 215 Å². The van der Waals surface area contributed by atoms with E-state index in [0.29, 0.717) is 44.9 Å². The minimum Gasteiger partial charge on any atom is -0.496 e. The molecule has 2 N–H and O–H groups in total. The Bertz CT molecular complexity index is 1540. The number of fused-ring (bicyclic) bond motifs is 1. The van der Waals surface area contributed by atoms with Crippen molar-refractivity contribution in [1.29, 1.82) is 0 Å². The van der Waals surface area contributed by atoms with Crippen LogP contribution in [0.1, 0.15) is 38.8 Å². The lowest BCUT2D eigenvalue weighted by Gasteiger charge is -2.16. The van der Waals surface area contributed by atoms with Crippen LogP contribution in [0.3, 0.4) is 0 Å². The van der Waals surface area contributed by atoms with E-state index in [1.807, 2.05) is 39.8 Å². The number of halogens is 2. The van der Waals surface area contributed by atoms with Crippen molar-refractivity contribution >= 4 is 22.6 Å². The zero-order valence-electron chi connectivity index (χ0n) is 22.1. The van der Waals surface area contributed by atoms with Crippen molar-refractivity contribution in [3.8, 4) is 28.0 Å². The van der Waals surface area contributed by atoms with E-state index in [9.17, 15) is 13.6 Å². The number of anilines is 1. The minimum absolute atomic E-state index is 0.162. The van der Waals surface area contributed by atoms with E-state index >= 15 is 0 Å². The van der Waals surface area contributed by atoms with Crippen molar-refractivity contribution in [3.63, 3.8) is 0 Å². The van der Waals surface area contributed by atoms with Crippen molar-refractivity contribution < 1.29 is 18.3 Å². The molecule has 0 unspecified atom stereocenters. The Morgan fingerprint density at radius 1 is 1.05 bits per heavy atom. The van der Waals surface area contributed by atoms with Crippen LogP contribution < -0.4 is 10.1 Å². The topological polar surface area (TPSA) is 67.0 Å². The first kappa shape index (κ1) is 26.1. The number of carbonyl (C=O) groups excluding carboxylic acids is 1. The summed E-state index contributed by atoms with van der Waals surface area (Å²) in [5.41, 5.74) is 5.42. The molecule has 4 aromatic rings. The minimum atomic E-state index is -0.474. The van der Waals surface area contributed by atoms with E-state index in [1.165, 1.54) is 25.3 Å². The third-order valence-corrected chi connectivity index (χ3v) is 6.24. The molecule has 7 heteroatoms. The molecule has 0 saturated heterocycles. The molecule has 37 heavy (non-hydrogen) atoms. The normalized spacial score (nSPS) is 12.2. The number of aromatic nitrogens is 2. The maximum atomic E-state index is 14.8. The molecular formula is C30H31F2N3O2. The van der Waals surface area contributed by atoms with Crippen LogP contribution in [0.5, 0.6) is 5.75 Å². The first-order valence-corrected chi connectivity index (χ1v) is 12.0. The summed E-state index contributed by atoms with van der Waals surface area (Å²) in [6.07, 6.45) is 5.34. The molecule has 5 nitrogen and oxygen atoms in total. The highest BCUT2D eigenvalue weighted by atomic mass is 19.1. The monoisotopic (exact) mass is 503 g/mol. The summed E-state index contributed by atoms with van der Waals surface area (Å²) in [4.78, 5) is 20.5. The van der Waals surface area contributed by atoms with Gasteiger partial charge in [-0.2, -0.15) is 0 Å². The molecular weight excluding hydrogens is 472 g/mol. The van der Waals surface area contributed by atoms with Gasteiger partial charge >= 0.3 is 0 Å². The molecule has 1 amide bonds. The van der Waals surface area contributed by atoms with Gasteiger partial charge in [-0.3, -0.25) is 4.79 Å². The van der Waals surface area contributed by atoms with Gasteiger partial charge < -0.3 is 15.0 Å². The van der Waals surface area contributed by atoms with E-state index in [4.69, 9.17) is 4.74 Å². The Morgan fingerprint density at radius 2 is 1.78 bits per heavy atom. The first-order valence-electron chi connectivity index (χ1n) is 12.0. The molecule has 192 valence electrons. The smallest absolute Gasteiger partial charge is 0.251 e. The zero-order valence-corrected chi connectivity index (χ0v) is 22.1. The number of rotatable bonds is 5. The summed E-state index contributed by atoms with van der Waals surface area (Å²) in [5, 5.41) is 3.63. The summed E-state index contributed by atoms with van der Waals surface area (Å²) in [6.45, 7) is 11.3. The van der Waals surface area contributed by atoms with Crippen LogP contribution in [-0.2, 0) is 4.79 Å². The molecule has 0 spiro atoms. The van der Waals surface area contributed by atoms with Crippen molar-refractivity contribution in [3.05, 3.63) is 77.1 Å². The number of methoxy groups -OCH3 is 1. The van der Waals surface area contributed by atoms with Crippen molar-refractivity contribution in [1.82, 2.24) is 9.97 Å². The highest BCUT2D eigenvalue weighted by molar-refractivity contribution is 6.04. The standard InChI is InChI=1S/C30H31F2N3O2/c1-16-8-22(27(37-7)12-25(16)32)24-15-34-28-23(24)9-19(14-33-28)21-10-20(31)11-26(18(21)3)35-29(36)17(2)13-30(4,5)6/h8-15H,1-7H3,(H,33,34)(H,35,36)/b17-13+. The number of amides is 1. The van der Waals surface area contributed by atoms with Crippen LogP contribution in [0.15, 0.2) is 54.4 Å². The second-order valence-corrected chi connectivity index (χ2v) is 10.4. The highest BCUT2D eigenvalue weighted by Gasteiger charge is 2.18. The number of H-pyrrole nitrogens is 1. The number of carbonyl (C=O) groups is 1. The maximum Gasteiger partial charge on any atom is 0.251 e. The predicted octanol–water partition coefficient (Wildman–Crippen LogP) is 7.73. The number of hydrogen-bond acceptors (Lipinski definition) is 3. The summed E-state index contributed by atoms with van der Waals surface area (Å²) in [6, 6.07) is 7.76. The second-order valence-electron chi connectivity index (χ2n) is 10.4. The van der Waals surface area contributed by atoms with Gasteiger partial charge in [0.25, 0.3) is 5.91 Å². The summed E-state index contributed by atoms with van der Waals surface area (Å²) in [5.74, 6) is -0.703. The van der Waals surface area contributed by atoms with E-state index in [0.717, 1.165) is 16.5 Å². The van der Waals surface area contributed by atoms with Gasteiger partial charge in [0, 0.05) is 51.8 Å². The molecule has 2 heterocycles. The number of aryl methyl sites for hydroxylation is 1. The van der Waals surface area contributed by atoms with Crippen molar-refractivity contribution in [2.75, 3.05) is 12.4 Å². The van der Waals surface area contributed by atoms with Gasteiger partial charge in [-0.05, 0) is 67.1 Å². The first-order chi connectivity index (χ1) is 17.4. The molecule has 0 aliphatic heterocycles. The average molecular weight is 504 g/mol. The number of benzene rings is 2. The summed E-state index contributed by atoms with van der Waals surface area (Å²) >= 11 is 0. The van der Waals surface area contributed by atoms with Crippen LogP contribution in [0.25, 0.3) is 33.3 Å². The van der Waals surface area contributed by atoms with Gasteiger partial charge in [-0.1, -0.05) is 26.8 Å². The Balaban J connectivity index is 1.80. The number of pyridine rings is 1. The SMILES string of the molecule is COc1cc(F)c(C)cc1-c1c[nH]c2ncc(-c3cc(F)cc(NC(=O)/C(C)=C/C(C)(C)C)c3C)cc12. The lowest BCUT2D eigenvalue weighted by Crippen LogP contribution is -2.16.